The van der Waals surface area contributed by atoms with Gasteiger partial charge in [0.1, 0.15) is 0 Å². The summed E-state index contributed by atoms with van der Waals surface area (Å²) in [6.07, 6.45) is -3.78. The van der Waals surface area contributed by atoms with E-state index in [1.54, 1.807) is 6.07 Å². The van der Waals surface area contributed by atoms with Crippen molar-refractivity contribution in [3.8, 4) is 0 Å². The van der Waals surface area contributed by atoms with E-state index >= 15 is 0 Å². The number of halogens is 3. The summed E-state index contributed by atoms with van der Waals surface area (Å²) in [5.74, 6) is 0. The van der Waals surface area contributed by atoms with E-state index < -0.39 is 11.7 Å². The number of hydrogen-bond acceptors (Lipinski definition) is 2. The van der Waals surface area contributed by atoms with Gasteiger partial charge in [-0.25, -0.2) is 5.48 Å². The molecule has 1 rings (SSSR count). The fraction of sp³-hybridized carbons (Fsp3) is 0.400. The second-order valence-electron chi connectivity index (χ2n) is 3.05. The minimum Gasteiger partial charge on any atom is -0.305 e. The van der Waals surface area contributed by atoms with Crippen molar-refractivity contribution < 1.29 is 18.0 Å². The minimum absolute atomic E-state index is 0.484. The molecule has 0 fully saturated rings. The van der Waals surface area contributed by atoms with E-state index in [-0.39, 0.29) is 0 Å². The zero-order valence-corrected chi connectivity index (χ0v) is 8.27. The third-order valence-electron chi connectivity index (χ3n) is 1.91. The smallest absolute Gasteiger partial charge is 0.305 e. The molecule has 15 heavy (non-hydrogen) atoms. The highest BCUT2D eigenvalue weighted by Crippen LogP contribution is 2.29. The van der Waals surface area contributed by atoms with Crippen molar-refractivity contribution in [2.75, 3.05) is 13.7 Å². The second-order valence-corrected chi connectivity index (χ2v) is 3.05. The molecule has 84 valence electrons. The molecule has 0 heterocycles. The van der Waals surface area contributed by atoms with E-state index in [4.69, 9.17) is 0 Å². The van der Waals surface area contributed by atoms with E-state index in [0.29, 0.717) is 18.5 Å². The first-order valence-electron chi connectivity index (χ1n) is 4.46. The third kappa shape index (κ3) is 3.89. The first kappa shape index (κ1) is 12.0. The summed E-state index contributed by atoms with van der Waals surface area (Å²) in [7, 11) is 1.46. The summed E-state index contributed by atoms with van der Waals surface area (Å²) >= 11 is 0. The van der Waals surface area contributed by atoms with Crippen LogP contribution in [0.15, 0.2) is 24.3 Å². The van der Waals surface area contributed by atoms with Crippen molar-refractivity contribution in [1.82, 2.24) is 5.48 Å². The van der Waals surface area contributed by atoms with Crippen LogP contribution in [0.25, 0.3) is 0 Å². The predicted octanol–water partition coefficient (Wildman–Crippen LogP) is 2.40. The van der Waals surface area contributed by atoms with Crippen LogP contribution >= 0.6 is 0 Å². The fourth-order valence-corrected chi connectivity index (χ4v) is 1.20. The van der Waals surface area contributed by atoms with Crippen LogP contribution in [0.3, 0.4) is 0 Å². The molecule has 0 unspecified atom stereocenters. The molecule has 5 heteroatoms. The number of hydrogen-bond donors (Lipinski definition) is 1. The van der Waals surface area contributed by atoms with Crippen LogP contribution in [0.2, 0.25) is 0 Å². The Bertz CT molecular complexity index is 312. The van der Waals surface area contributed by atoms with E-state index in [9.17, 15) is 13.2 Å². The Hall–Kier alpha value is -1.07. The maximum Gasteiger partial charge on any atom is 0.416 e. The molecule has 0 spiro atoms. The fourth-order valence-electron chi connectivity index (χ4n) is 1.20. The van der Waals surface area contributed by atoms with Crippen molar-refractivity contribution >= 4 is 0 Å². The molecular formula is C10H12F3NO. The van der Waals surface area contributed by atoms with Gasteiger partial charge in [-0.15, -0.1) is 0 Å². The van der Waals surface area contributed by atoms with Crippen molar-refractivity contribution in [1.29, 1.82) is 0 Å². The van der Waals surface area contributed by atoms with E-state index in [1.807, 2.05) is 0 Å². The van der Waals surface area contributed by atoms with Crippen LogP contribution in [-0.4, -0.2) is 13.7 Å². The van der Waals surface area contributed by atoms with Gasteiger partial charge in [0.2, 0.25) is 0 Å². The molecule has 0 saturated heterocycles. The summed E-state index contributed by atoms with van der Waals surface area (Å²) in [5, 5.41) is 0. The van der Waals surface area contributed by atoms with Gasteiger partial charge in [-0.2, -0.15) is 13.2 Å². The topological polar surface area (TPSA) is 21.3 Å². The van der Waals surface area contributed by atoms with Gasteiger partial charge in [0, 0.05) is 6.54 Å². The van der Waals surface area contributed by atoms with Crippen LogP contribution in [0.1, 0.15) is 11.1 Å². The van der Waals surface area contributed by atoms with Crippen LogP contribution in [-0.2, 0) is 17.4 Å². The van der Waals surface area contributed by atoms with Gasteiger partial charge < -0.3 is 4.84 Å². The molecule has 1 aromatic carbocycles. The Labute approximate surface area is 86.0 Å². The largest absolute Gasteiger partial charge is 0.416 e. The van der Waals surface area contributed by atoms with Crippen LogP contribution in [0, 0.1) is 0 Å². The lowest BCUT2D eigenvalue weighted by Gasteiger charge is -2.08. The molecule has 0 amide bonds. The zero-order chi connectivity index (χ0) is 11.3. The van der Waals surface area contributed by atoms with Gasteiger partial charge in [0.05, 0.1) is 12.7 Å². The number of rotatable bonds is 4. The molecule has 0 saturated carbocycles. The lowest BCUT2D eigenvalue weighted by atomic mass is 10.1. The van der Waals surface area contributed by atoms with Gasteiger partial charge in [0.25, 0.3) is 0 Å². The van der Waals surface area contributed by atoms with E-state index in [1.165, 1.54) is 13.2 Å². The Morgan fingerprint density at radius 3 is 2.67 bits per heavy atom. The lowest BCUT2D eigenvalue weighted by molar-refractivity contribution is -0.137. The van der Waals surface area contributed by atoms with Gasteiger partial charge >= 0.3 is 6.18 Å². The molecular weight excluding hydrogens is 207 g/mol. The summed E-state index contributed by atoms with van der Waals surface area (Å²) in [6, 6.07) is 5.28. The molecule has 0 bridgehead atoms. The van der Waals surface area contributed by atoms with E-state index in [0.717, 1.165) is 12.1 Å². The summed E-state index contributed by atoms with van der Waals surface area (Å²) in [5.41, 5.74) is 2.59. The van der Waals surface area contributed by atoms with Gasteiger partial charge in [-0.05, 0) is 18.1 Å². The molecule has 0 radical (unpaired) electrons. The SMILES string of the molecule is CONCCc1cccc(C(F)(F)F)c1. The Morgan fingerprint density at radius 1 is 1.33 bits per heavy atom. The predicted molar refractivity (Wildman–Crippen MR) is 50.2 cm³/mol. The minimum atomic E-state index is -4.27. The van der Waals surface area contributed by atoms with Gasteiger partial charge in [-0.3, -0.25) is 0 Å². The molecule has 0 aliphatic rings. The molecule has 0 aliphatic carbocycles. The monoisotopic (exact) mass is 219 g/mol. The second kappa shape index (κ2) is 5.14. The Kier molecular flexibility index (Phi) is 4.11. The maximum atomic E-state index is 12.3. The molecule has 2 nitrogen and oxygen atoms in total. The lowest BCUT2D eigenvalue weighted by Crippen LogP contribution is -2.15. The van der Waals surface area contributed by atoms with Crippen LogP contribution in [0.5, 0.6) is 0 Å². The maximum absolute atomic E-state index is 12.3. The van der Waals surface area contributed by atoms with Crippen molar-refractivity contribution in [2.24, 2.45) is 0 Å². The number of hydroxylamine groups is 1. The van der Waals surface area contributed by atoms with Crippen LogP contribution < -0.4 is 5.48 Å². The quantitative estimate of drug-likeness (QED) is 0.620. The molecule has 0 aromatic heterocycles. The first-order valence-corrected chi connectivity index (χ1v) is 4.46. The van der Waals surface area contributed by atoms with Gasteiger partial charge in [0.15, 0.2) is 0 Å². The standard InChI is InChI=1S/C10H12F3NO/c1-15-14-6-5-8-3-2-4-9(7-8)10(11,12)13/h2-4,7,14H,5-6H2,1H3. The Balaban J connectivity index is 2.66. The number of alkyl halides is 3. The highest BCUT2D eigenvalue weighted by molar-refractivity contribution is 5.25. The first-order chi connectivity index (χ1) is 7.04. The third-order valence-corrected chi connectivity index (χ3v) is 1.91. The van der Waals surface area contributed by atoms with Crippen molar-refractivity contribution in [3.05, 3.63) is 35.4 Å². The summed E-state index contributed by atoms with van der Waals surface area (Å²) in [4.78, 5) is 4.59. The van der Waals surface area contributed by atoms with Crippen LogP contribution in [0.4, 0.5) is 13.2 Å². The zero-order valence-electron chi connectivity index (χ0n) is 8.27. The molecule has 0 aliphatic heterocycles. The Morgan fingerprint density at radius 2 is 2.07 bits per heavy atom. The highest BCUT2D eigenvalue weighted by Gasteiger charge is 2.30. The molecule has 1 N–H and O–H groups in total. The van der Waals surface area contributed by atoms with Crippen molar-refractivity contribution in [2.45, 2.75) is 12.6 Å². The molecule has 0 atom stereocenters. The normalized spacial score (nSPS) is 11.7. The number of benzene rings is 1. The van der Waals surface area contributed by atoms with Gasteiger partial charge in [-0.1, -0.05) is 18.2 Å². The molecule has 1 aromatic rings. The summed E-state index contributed by atoms with van der Waals surface area (Å²) < 4.78 is 36.9. The van der Waals surface area contributed by atoms with E-state index in [2.05, 4.69) is 10.3 Å². The highest BCUT2D eigenvalue weighted by atomic mass is 19.4. The summed E-state index contributed by atoms with van der Waals surface area (Å²) in [6.45, 7) is 0.484. The number of nitrogens with one attached hydrogen (secondary N) is 1. The average Bonchev–Trinajstić information content (AvgIpc) is 2.17. The van der Waals surface area contributed by atoms with Crippen molar-refractivity contribution in [3.63, 3.8) is 0 Å². The average molecular weight is 219 g/mol.